The third kappa shape index (κ3) is 1.45. The summed E-state index contributed by atoms with van der Waals surface area (Å²) in [4.78, 5) is 26.0. The minimum absolute atomic E-state index is 0.140. The molecule has 0 spiro atoms. The summed E-state index contributed by atoms with van der Waals surface area (Å²) in [5.74, 6) is -1.34. The van der Waals surface area contributed by atoms with Crippen LogP contribution < -0.4 is 0 Å². The van der Waals surface area contributed by atoms with Crippen LogP contribution in [0.1, 0.15) is 23.6 Å². The molecule has 1 atom stereocenters. The fourth-order valence-corrected chi connectivity index (χ4v) is 2.44. The smallest absolute Gasteiger partial charge is 0.321 e. The summed E-state index contributed by atoms with van der Waals surface area (Å²) in [6.45, 7) is 1.91. The van der Waals surface area contributed by atoms with Crippen LogP contribution in [-0.4, -0.2) is 16.9 Å². The van der Waals surface area contributed by atoms with E-state index in [-0.39, 0.29) is 6.42 Å². The molecule has 0 radical (unpaired) electrons. The van der Waals surface area contributed by atoms with Gasteiger partial charge in [0, 0.05) is 16.6 Å². The standard InChI is InChI=1S/C13H11NO3/c1-7-12(9-6-11(15)17-13(9)16)8-4-2-3-5-10(8)14-7/h2-5,9,14H,6H2,1H3. The zero-order valence-corrected chi connectivity index (χ0v) is 9.32. The maximum Gasteiger partial charge on any atom is 0.321 e. The monoisotopic (exact) mass is 229 g/mol. The Morgan fingerprint density at radius 1 is 1.29 bits per heavy atom. The molecular formula is C13H11NO3. The molecule has 2 heterocycles. The molecule has 0 saturated carbocycles. The van der Waals surface area contributed by atoms with E-state index in [2.05, 4.69) is 9.72 Å². The predicted molar refractivity (Wildman–Crippen MR) is 61.5 cm³/mol. The van der Waals surface area contributed by atoms with E-state index in [4.69, 9.17) is 0 Å². The van der Waals surface area contributed by atoms with Crippen molar-refractivity contribution in [2.45, 2.75) is 19.3 Å². The van der Waals surface area contributed by atoms with Crippen molar-refractivity contribution in [1.82, 2.24) is 4.98 Å². The van der Waals surface area contributed by atoms with E-state index < -0.39 is 17.9 Å². The Balaban J connectivity index is 2.20. The molecule has 0 aliphatic carbocycles. The average Bonchev–Trinajstić information content (AvgIpc) is 2.77. The van der Waals surface area contributed by atoms with Crippen molar-refractivity contribution in [3.05, 3.63) is 35.5 Å². The minimum Gasteiger partial charge on any atom is -0.393 e. The van der Waals surface area contributed by atoms with Gasteiger partial charge < -0.3 is 9.72 Å². The summed E-state index contributed by atoms with van der Waals surface area (Å²) in [6.07, 6.45) is 0.140. The number of aromatic amines is 1. The number of hydrogen-bond donors (Lipinski definition) is 1. The third-order valence-electron chi connectivity index (χ3n) is 3.16. The van der Waals surface area contributed by atoms with E-state index in [9.17, 15) is 9.59 Å². The second kappa shape index (κ2) is 3.45. The molecular weight excluding hydrogens is 218 g/mol. The van der Waals surface area contributed by atoms with Crippen LogP contribution in [0.2, 0.25) is 0 Å². The van der Waals surface area contributed by atoms with Gasteiger partial charge >= 0.3 is 11.9 Å². The molecule has 1 aromatic heterocycles. The molecule has 0 bridgehead atoms. The Bertz CT molecular complexity index is 627. The summed E-state index contributed by atoms with van der Waals surface area (Å²) in [5, 5.41) is 0.988. The first-order valence-electron chi connectivity index (χ1n) is 5.48. The van der Waals surface area contributed by atoms with Gasteiger partial charge in [-0.3, -0.25) is 9.59 Å². The van der Waals surface area contributed by atoms with Crippen molar-refractivity contribution in [2.24, 2.45) is 0 Å². The van der Waals surface area contributed by atoms with Gasteiger partial charge in [-0.25, -0.2) is 0 Å². The summed E-state index contributed by atoms with van der Waals surface area (Å²) in [5.41, 5.74) is 2.78. The number of hydrogen-bond acceptors (Lipinski definition) is 3. The Hall–Kier alpha value is -2.10. The molecule has 86 valence electrons. The van der Waals surface area contributed by atoms with Gasteiger partial charge in [-0.05, 0) is 18.6 Å². The number of aromatic nitrogens is 1. The first-order chi connectivity index (χ1) is 8.16. The summed E-state index contributed by atoms with van der Waals surface area (Å²) in [7, 11) is 0. The number of para-hydroxylation sites is 1. The van der Waals surface area contributed by atoms with Gasteiger partial charge in [-0.1, -0.05) is 18.2 Å². The zero-order chi connectivity index (χ0) is 12.0. The molecule has 4 nitrogen and oxygen atoms in total. The first kappa shape index (κ1) is 10.1. The summed E-state index contributed by atoms with van der Waals surface area (Å²) in [6, 6.07) is 7.75. The van der Waals surface area contributed by atoms with Gasteiger partial charge in [0.25, 0.3) is 0 Å². The molecule has 1 unspecified atom stereocenters. The fourth-order valence-electron chi connectivity index (χ4n) is 2.44. The van der Waals surface area contributed by atoms with Crippen LogP contribution in [0.25, 0.3) is 10.9 Å². The lowest BCUT2D eigenvalue weighted by molar-refractivity contribution is -0.152. The minimum atomic E-state index is -0.460. The highest BCUT2D eigenvalue weighted by Crippen LogP contribution is 2.35. The molecule has 1 aliphatic heterocycles. The Morgan fingerprint density at radius 3 is 2.76 bits per heavy atom. The van der Waals surface area contributed by atoms with Crippen LogP contribution in [-0.2, 0) is 14.3 Å². The number of benzene rings is 1. The Labute approximate surface area is 97.6 Å². The molecule has 3 rings (SSSR count). The second-order valence-electron chi connectivity index (χ2n) is 4.26. The molecule has 1 saturated heterocycles. The molecule has 1 N–H and O–H groups in total. The lowest BCUT2D eigenvalue weighted by Gasteiger charge is -2.04. The highest BCUT2D eigenvalue weighted by Gasteiger charge is 2.37. The van der Waals surface area contributed by atoms with E-state index in [1.54, 1.807) is 0 Å². The number of aryl methyl sites for hydroxylation is 1. The number of nitrogens with one attached hydrogen (secondary N) is 1. The predicted octanol–water partition coefficient (Wildman–Crippen LogP) is 2.03. The lowest BCUT2D eigenvalue weighted by Crippen LogP contribution is -2.06. The molecule has 17 heavy (non-hydrogen) atoms. The van der Waals surface area contributed by atoms with Gasteiger partial charge in [-0.15, -0.1) is 0 Å². The third-order valence-corrected chi connectivity index (χ3v) is 3.16. The van der Waals surface area contributed by atoms with Gasteiger partial charge in [0.15, 0.2) is 0 Å². The fraction of sp³-hybridized carbons (Fsp3) is 0.231. The zero-order valence-electron chi connectivity index (χ0n) is 9.32. The highest BCUT2D eigenvalue weighted by atomic mass is 16.6. The molecule has 4 heteroatoms. The molecule has 1 fully saturated rings. The maximum atomic E-state index is 11.6. The van der Waals surface area contributed by atoms with E-state index in [1.165, 1.54) is 0 Å². The lowest BCUT2D eigenvalue weighted by atomic mass is 9.95. The first-order valence-corrected chi connectivity index (χ1v) is 5.48. The van der Waals surface area contributed by atoms with E-state index in [1.807, 2.05) is 31.2 Å². The van der Waals surface area contributed by atoms with Crippen molar-refractivity contribution in [2.75, 3.05) is 0 Å². The van der Waals surface area contributed by atoms with Crippen molar-refractivity contribution in [3.63, 3.8) is 0 Å². The van der Waals surface area contributed by atoms with Crippen LogP contribution in [0.5, 0.6) is 0 Å². The van der Waals surface area contributed by atoms with Crippen LogP contribution in [0.4, 0.5) is 0 Å². The van der Waals surface area contributed by atoms with Crippen LogP contribution in [0.15, 0.2) is 24.3 Å². The van der Waals surface area contributed by atoms with Crippen molar-refractivity contribution in [3.8, 4) is 0 Å². The van der Waals surface area contributed by atoms with Gasteiger partial charge in [0.2, 0.25) is 0 Å². The maximum absolute atomic E-state index is 11.6. The Morgan fingerprint density at radius 2 is 2.06 bits per heavy atom. The van der Waals surface area contributed by atoms with Gasteiger partial charge in [0.05, 0.1) is 12.3 Å². The Kier molecular flexibility index (Phi) is 2.04. The van der Waals surface area contributed by atoms with E-state index in [0.717, 1.165) is 22.2 Å². The van der Waals surface area contributed by atoms with Crippen LogP contribution in [0, 0.1) is 6.92 Å². The number of rotatable bonds is 1. The van der Waals surface area contributed by atoms with Gasteiger partial charge in [-0.2, -0.15) is 0 Å². The number of ether oxygens (including phenoxy) is 1. The number of H-pyrrole nitrogens is 1. The molecule has 2 aromatic rings. The number of carbonyl (C=O) groups is 2. The number of carbonyl (C=O) groups excluding carboxylic acids is 2. The summed E-state index contributed by atoms with van der Waals surface area (Å²) >= 11 is 0. The quantitative estimate of drug-likeness (QED) is 0.601. The molecule has 1 aromatic carbocycles. The summed E-state index contributed by atoms with van der Waals surface area (Å²) < 4.78 is 4.61. The second-order valence-corrected chi connectivity index (χ2v) is 4.26. The molecule has 0 amide bonds. The SMILES string of the molecule is Cc1[nH]c2ccccc2c1C1CC(=O)OC1=O. The number of cyclic esters (lactones) is 2. The largest absolute Gasteiger partial charge is 0.393 e. The number of fused-ring (bicyclic) bond motifs is 1. The topological polar surface area (TPSA) is 59.2 Å². The average molecular weight is 229 g/mol. The van der Waals surface area contributed by atoms with Crippen LogP contribution >= 0.6 is 0 Å². The van der Waals surface area contributed by atoms with Crippen LogP contribution in [0.3, 0.4) is 0 Å². The number of esters is 2. The van der Waals surface area contributed by atoms with Crippen molar-refractivity contribution in [1.29, 1.82) is 0 Å². The highest BCUT2D eigenvalue weighted by molar-refractivity contribution is 6.01. The molecule has 1 aliphatic rings. The van der Waals surface area contributed by atoms with E-state index in [0.29, 0.717) is 0 Å². The normalized spacial score (nSPS) is 19.9. The van der Waals surface area contributed by atoms with E-state index >= 15 is 0 Å². The van der Waals surface area contributed by atoms with Crippen molar-refractivity contribution < 1.29 is 14.3 Å². The van der Waals surface area contributed by atoms with Gasteiger partial charge in [0.1, 0.15) is 0 Å². The van der Waals surface area contributed by atoms with Crippen molar-refractivity contribution >= 4 is 22.8 Å².